The molecule has 0 unspecified atom stereocenters. The normalized spacial score (nSPS) is 20.0. The van der Waals surface area contributed by atoms with Crippen molar-refractivity contribution in [3.8, 4) is 0 Å². The number of aliphatic hydroxyl groups is 1. The highest BCUT2D eigenvalue weighted by molar-refractivity contribution is 7.98. The quantitative estimate of drug-likeness (QED) is 0.622. The number of aryl methyl sites for hydroxylation is 2. The maximum absolute atomic E-state index is 12.7. The van der Waals surface area contributed by atoms with Gasteiger partial charge < -0.3 is 10.4 Å². The number of rotatable bonds is 5. The Hall–Kier alpha value is -1.92. The number of nitrogens with one attached hydrogen (secondary N) is 1. The van der Waals surface area contributed by atoms with Crippen LogP contribution in [0.15, 0.2) is 35.5 Å². The molecule has 2 N–H and O–H groups in total. The highest BCUT2D eigenvalue weighted by Gasteiger charge is 2.22. The van der Waals surface area contributed by atoms with E-state index in [1.165, 1.54) is 0 Å². The third kappa shape index (κ3) is 5.05. The van der Waals surface area contributed by atoms with E-state index in [-0.39, 0.29) is 18.1 Å². The van der Waals surface area contributed by atoms with E-state index in [0.29, 0.717) is 11.3 Å². The Labute approximate surface area is 158 Å². The van der Waals surface area contributed by atoms with Crippen LogP contribution in [0.4, 0.5) is 0 Å². The summed E-state index contributed by atoms with van der Waals surface area (Å²) in [4.78, 5) is 21.6. The Bertz CT molecular complexity index is 753. The lowest BCUT2D eigenvalue weighted by Crippen LogP contribution is -2.38. The molecule has 138 valence electrons. The molecule has 1 saturated carbocycles. The predicted octanol–water partition coefficient (Wildman–Crippen LogP) is 3.42. The van der Waals surface area contributed by atoms with Gasteiger partial charge in [0.1, 0.15) is 0 Å². The molecule has 1 aromatic heterocycles. The van der Waals surface area contributed by atoms with Gasteiger partial charge in [0.05, 0.1) is 6.10 Å². The topological polar surface area (TPSA) is 75.1 Å². The maximum atomic E-state index is 12.7. The van der Waals surface area contributed by atoms with Crippen LogP contribution in [0.2, 0.25) is 0 Å². The molecule has 0 saturated heterocycles. The number of hydrogen-bond donors (Lipinski definition) is 2. The van der Waals surface area contributed by atoms with Crippen molar-refractivity contribution in [1.82, 2.24) is 15.3 Å². The minimum absolute atomic E-state index is 0.0380. The first-order valence-electron chi connectivity index (χ1n) is 9.03. The fourth-order valence-corrected chi connectivity index (χ4v) is 4.20. The van der Waals surface area contributed by atoms with Gasteiger partial charge in [-0.15, -0.1) is 0 Å². The smallest absolute Gasteiger partial charge is 0.251 e. The van der Waals surface area contributed by atoms with Crippen molar-refractivity contribution >= 4 is 17.7 Å². The Kier molecular flexibility index (Phi) is 6.27. The highest BCUT2D eigenvalue weighted by atomic mass is 32.2. The number of carbonyl (C=O) groups is 1. The van der Waals surface area contributed by atoms with Crippen molar-refractivity contribution in [1.29, 1.82) is 0 Å². The Morgan fingerprint density at radius 2 is 1.81 bits per heavy atom. The van der Waals surface area contributed by atoms with E-state index >= 15 is 0 Å². The Balaban J connectivity index is 1.66. The van der Waals surface area contributed by atoms with Crippen LogP contribution in [-0.4, -0.2) is 33.1 Å². The molecule has 1 aromatic carbocycles. The highest BCUT2D eigenvalue weighted by Crippen LogP contribution is 2.23. The summed E-state index contributed by atoms with van der Waals surface area (Å²) in [6.45, 7) is 3.92. The fourth-order valence-electron chi connectivity index (χ4n) is 3.25. The minimum Gasteiger partial charge on any atom is -0.393 e. The van der Waals surface area contributed by atoms with Gasteiger partial charge in [-0.2, -0.15) is 0 Å². The fraction of sp³-hybridized carbons (Fsp3) is 0.450. The third-order valence-electron chi connectivity index (χ3n) is 4.61. The summed E-state index contributed by atoms with van der Waals surface area (Å²) in [5.74, 6) is 0.611. The molecule has 26 heavy (non-hydrogen) atoms. The number of aliphatic hydroxyl groups excluding tert-OH is 1. The van der Waals surface area contributed by atoms with E-state index in [1.54, 1.807) is 11.8 Å². The van der Waals surface area contributed by atoms with Crippen LogP contribution in [0.1, 0.15) is 53.0 Å². The lowest BCUT2D eigenvalue weighted by molar-refractivity contribution is 0.0867. The van der Waals surface area contributed by atoms with E-state index in [2.05, 4.69) is 15.3 Å². The molecule has 1 amide bonds. The zero-order valence-electron chi connectivity index (χ0n) is 15.2. The molecule has 2 aromatic rings. The summed E-state index contributed by atoms with van der Waals surface area (Å²) in [6.07, 6.45) is 2.96. The van der Waals surface area contributed by atoms with Gasteiger partial charge in [0.25, 0.3) is 5.91 Å². The van der Waals surface area contributed by atoms with Gasteiger partial charge in [0, 0.05) is 28.7 Å². The first kappa shape index (κ1) is 18.9. The molecule has 0 atom stereocenters. The van der Waals surface area contributed by atoms with Gasteiger partial charge in [0.15, 0.2) is 5.16 Å². The molecule has 1 fully saturated rings. The largest absolute Gasteiger partial charge is 0.393 e. The summed E-state index contributed by atoms with van der Waals surface area (Å²) < 4.78 is 0. The van der Waals surface area contributed by atoms with E-state index in [0.717, 1.165) is 47.8 Å². The summed E-state index contributed by atoms with van der Waals surface area (Å²) in [7, 11) is 0. The van der Waals surface area contributed by atoms with Gasteiger partial charge in [-0.05, 0) is 57.2 Å². The van der Waals surface area contributed by atoms with E-state index in [1.807, 2.05) is 44.2 Å². The minimum atomic E-state index is -0.218. The lowest BCUT2D eigenvalue weighted by atomic mass is 9.93. The average molecular weight is 372 g/mol. The van der Waals surface area contributed by atoms with Gasteiger partial charge in [0.2, 0.25) is 0 Å². The second kappa shape index (κ2) is 8.64. The number of aromatic nitrogens is 2. The number of amides is 1. The molecular weight excluding hydrogens is 346 g/mol. The van der Waals surface area contributed by atoms with Gasteiger partial charge in [-0.3, -0.25) is 4.79 Å². The van der Waals surface area contributed by atoms with Crippen LogP contribution >= 0.6 is 11.8 Å². The van der Waals surface area contributed by atoms with E-state index in [9.17, 15) is 9.90 Å². The zero-order valence-corrected chi connectivity index (χ0v) is 16.1. The van der Waals surface area contributed by atoms with Crippen molar-refractivity contribution in [3.63, 3.8) is 0 Å². The van der Waals surface area contributed by atoms with Crippen LogP contribution in [0, 0.1) is 13.8 Å². The Morgan fingerprint density at radius 3 is 2.50 bits per heavy atom. The van der Waals surface area contributed by atoms with Crippen molar-refractivity contribution in [3.05, 3.63) is 52.8 Å². The monoisotopic (exact) mass is 371 g/mol. The van der Waals surface area contributed by atoms with E-state index < -0.39 is 0 Å². The van der Waals surface area contributed by atoms with Gasteiger partial charge in [-0.1, -0.05) is 30.0 Å². The van der Waals surface area contributed by atoms with Gasteiger partial charge >= 0.3 is 0 Å². The van der Waals surface area contributed by atoms with Crippen molar-refractivity contribution in [2.45, 2.75) is 62.6 Å². The molecule has 6 heteroatoms. The van der Waals surface area contributed by atoms with Crippen molar-refractivity contribution < 1.29 is 9.90 Å². The summed E-state index contributed by atoms with van der Waals surface area (Å²) in [6, 6.07) is 9.79. The predicted molar refractivity (Wildman–Crippen MR) is 103 cm³/mol. The van der Waals surface area contributed by atoms with Crippen LogP contribution in [0.3, 0.4) is 0 Å². The number of thioether (sulfide) groups is 1. The summed E-state index contributed by atoms with van der Waals surface area (Å²) in [5, 5.41) is 13.5. The molecule has 5 nitrogen and oxygen atoms in total. The van der Waals surface area contributed by atoms with E-state index in [4.69, 9.17) is 0 Å². The number of nitrogens with zero attached hydrogens (tertiary/aromatic N) is 2. The van der Waals surface area contributed by atoms with Crippen LogP contribution in [-0.2, 0) is 5.75 Å². The van der Waals surface area contributed by atoms with Crippen molar-refractivity contribution in [2.75, 3.05) is 0 Å². The second-order valence-electron chi connectivity index (χ2n) is 6.86. The standard InChI is InChI=1S/C20H25N3O2S/c1-13-11-14(2)22-20(21-13)26-12-15-5-3-4-6-18(15)19(25)23-16-7-9-17(24)10-8-16/h3-6,11,16-17,24H,7-10,12H2,1-2H3,(H,23,25). The first-order chi connectivity index (χ1) is 12.5. The number of carbonyl (C=O) groups excluding carboxylic acids is 1. The maximum Gasteiger partial charge on any atom is 0.251 e. The number of benzene rings is 1. The Morgan fingerprint density at radius 1 is 1.15 bits per heavy atom. The molecule has 0 aliphatic heterocycles. The van der Waals surface area contributed by atoms with Crippen LogP contribution < -0.4 is 5.32 Å². The van der Waals surface area contributed by atoms with Crippen molar-refractivity contribution in [2.24, 2.45) is 0 Å². The summed E-state index contributed by atoms with van der Waals surface area (Å²) in [5.41, 5.74) is 3.58. The third-order valence-corrected chi connectivity index (χ3v) is 5.51. The second-order valence-corrected chi connectivity index (χ2v) is 7.80. The molecule has 1 aliphatic carbocycles. The van der Waals surface area contributed by atoms with Crippen LogP contribution in [0.5, 0.6) is 0 Å². The molecule has 1 aliphatic rings. The molecule has 0 bridgehead atoms. The van der Waals surface area contributed by atoms with Crippen LogP contribution in [0.25, 0.3) is 0 Å². The molecular formula is C20H25N3O2S. The zero-order chi connectivity index (χ0) is 18.5. The molecule has 0 spiro atoms. The number of hydrogen-bond acceptors (Lipinski definition) is 5. The lowest BCUT2D eigenvalue weighted by Gasteiger charge is -2.26. The molecule has 1 heterocycles. The SMILES string of the molecule is Cc1cc(C)nc(SCc2ccccc2C(=O)NC2CCC(O)CC2)n1. The van der Waals surface area contributed by atoms with Gasteiger partial charge in [-0.25, -0.2) is 9.97 Å². The molecule has 3 rings (SSSR count). The first-order valence-corrected chi connectivity index (χ1v) is 10.0. The summed E-state index contributed by atoms with van der Waals surface area (Å²) >= 11 is 1.54. The average Bonchev–Trinajstić information content (AvgIpc) is 2.61. The molecule has 0 radical (unpaired) electrons.